The number of rotatable bonds is 0. The van der Waals surface area contributed by atoms with Crippen LogP contribution in [0.3, 0.4) is 0 Å². The van der Waals surface area contributed by atoms with Gasteiger partial charge in [0.2, 0.25) is 0 Å². The number of epoxide rings is 1. The van der Waals surface area contributed by atoms with E-state index in [9.17, 15) is 5.11 Å². The molecule has 2 saturated carbocycles. The molecule has 5 atom stereocenters. The van der Waals surface area contributed by atoms with Crippen LogP contribution >= 0.6 is 0 Å². The molecule has 3 aliphatic rings. The first kappa shape index (κ1) is 12.0. The molecule has 2 aliphatic carbocycles. The highest BCUT2D eigenvalue weighted by molar-refractivity contribution is 5.08. The van der Waals surface area contributed by atoms with Gasteiger partial charge in [-0.15, -0.1) is 0 Å². The molecule has 0 aromatic carbocycles. The number of hydrogen-bond acceptors (Lipinski definition) is 2. The van der Waals surface area contributed by atoms with E-state index in [-0.39, 0.29) is 5.60 Å². The van der Waals surface area contributed by atoms with E-state index in [0.717, 1.165) is 12.8 Å². The highest BCUT2D eigenvalue weighted by Gasteiger charge is 2.59. The summed E-state index contributed by atoms with van der Waals surface area (Å²) in [7, 11) is 0. The summed E-state index contributed by atoms with van der Waals surface area (Å²) in [5.41, 5.74) is 0.0772. The Morgan fingerprint density at radius 2 is 1.71 bits per heavy atom. The standard InChI is InChI=1S/C15H26O2/c1-13(2)9-11-10(13)5-8-15(4)12(17-15)6-7-14(11,3)16/h10-12,16H,5-9H2,1-4H3/t10-,11+,12+,14?,15-/m1/s1. The van der Waals surface area contributed by atoms with Gasteiger partial charge < -0.3 is 9.84 Å². The fraction of sp³-hybridized carbons (Fsp3) is 1.00. The first-order valence-electron chi connectivity index (χ1n) is 7.15. The van der Waals surface area contributed by atoms with Gasteiger partial charge in [-0.1, -0.05) is 13.8 Å². The zero-order chi connectivity index (χ0) is 12.5. The van der Waals surface area contributed by atoms with Crippen LogP contribution in [0.5, 0.6) is 0 Å². The second-order valence-electron chi connectivity index (χ2n) is 7.76. The Hall–Kier alpha value is -0.0800. The molecule has 98 valence electrons. The average Bonchev–Trinajstić information content (AvgIpc) is 2.83. The third-order valence-corrected chi connectivity index (χ3v) is 5.93. The van der Waals surface area contributed by atoms with Gasteiger partial charge in [0.25, 0.3) is 0 Å². The lowest BCUT2D eigenvalue weighted by atomic mass is 9.50. The van der Waals surface area contributed by atoms with Crippen molar-refractivity contribution in [3.05, 3.63) is 0 Å². The normalized spacial score (nSPS) is 56.6. The van der Waals surface area contributed by atoms with Crippen molar-refractivity contribution < 1.29 is 9.84 Å². The van der Waals surface area contributed by atoms with E-state index in [2.05, 4.69) is 20.8 Å². The highest BCUT2D eigenvalue weighted by Crippen LogP contribution is 2.60. The Labute approximate surface area is 105 Å². The molecule has 3 rings (SSSR count). The molecule has 2 heteroatoms. The largest absolute Gasteiger partial charge is 0.390 e. The molecule has 1 saturated heterocycles. The molecule has 0 spiro atoms. The van der Waals surface area contributed by atoms with Gasteiger partial charge in [-0.3, -0.25) is 0 Å². The summed E-state index contributed by atoms with van der Waals surface area (Å²) in [6.45, 7) is 9.01. The van der Waals surface area contributed by atoms with Crippen molar-refractivity contribution in [2.75, 3.05) is 0 Å². The van der Waals surface area contributed by atoms with Crippen LogP contribution in [0.2, 0.25) is 0 Å². The number of hydrogen-bond donors (Lipinski definition) is 1. The lowest BCUT2D eigenvalue weighted by molar-refractivity contribution is -0.144. The van der Waals surface area contributed by atoms with Crippen molar-refractivity contribution in [3.8, 4) is 0 Å². The van der Waals surface area contributed by atoms with Gasteiger partial charge in [-0.25, -0.2) is 0 Å². The lowest BCUT2D eigenvalue weighted by Gasteiger charge is -2.57. The molecule has 3 fully saturated rings. The molecule has 1 heterocycles. The van der Waals surface area contributed by atoms with Gasteiger partial charge in [0.15, 0.2) is 0 Å². The summed E-state index contributed by atoms with van der Waals surface area (Å²) in [4.78, 5) is 0. The van der Waals surface area contributed by atoms with Crippen LogP contribution in [0, 0.1) is 17.3 Å². The van der Waals surface area contributed by atoms with Crippen LogP contribution in [0.25, 0.3) is 0 Å². The molecule has 0 aromatic rings. The molecule has 0 radical (unpaired) electrons. The number of fused-ring (bicyclic) bond motifs is 2. The topological polar surface area (TPSA) is 32.8 Å². The summed E-state index contributed by atoms with van der Waals surface area (Å²) in [5.74, 6) is 1.19. The van der Waals surface area contributed by atoms with Gasteiger partial charge >= 0.3 is 0 Å². The summed E-state index contributed by atoms with van der Waals surface area (Å²) in [5, 5.41) is 10.7. The second-order valence-corrected chi connectivity index (χ2v) is 7.76. The van der Waals surface area contributed by atoms with E-state index in [1.165, 1.54) is 19.3 Å². The minimum atomic E-state index is -0.475. The van der Waals surface area contributed by atoms with Gasteiger partial charge in [-0.05, 0) is 63.2 Å². The quantitative estimate of drug-likeness (QED) is 0.658. The minimum absolute atomic E-state index is 0.136. The first-order valence-corrected chi connectivity index (χ1v) is 7.15. The maximum atomic E-state index is 10.7. The third-order valence-electron chi connectivity index (χ3n) is 5.93. The zero-order valence-electron chi connectivity index (χ0n) is 11.6. The molecule has 1 unspecified atom stereocenters. The Bertz CT molecular complexity index is 334. The maximum absolute atomic E-state index is 10.7. The molecular formula is C15H26O2. The van der Waals surface area contributed by atoms with E-state index in [4.69, 9.17) is 4.74 Å². The van der Waals surface area contributed by atoms with Crippen molar-refractivity contribution in [3.63, 3.8) is 0 Å². The lowest BCUT2D eigenvalue weighted by Crippen LogP contribution is -2.54. The van der Waals surface area contributed by atoms with Crippen LogP contribution in [0.15, 0.2) is 0 Å². The van der Waals surface area contributed by atoms with E-state index >= 15 is 0 Å². The minimum Gasteiger partial charge on any atom is -0.390 e. The van der Waals surface area contributed by atoms with E-state index in [0.29, 0.717) is 23.4 Å². The molecule has 2 nitrogen and oxygen atoms in total. The molecule has 0 amide bonds. The molecule has 17 heavy (non-hydrogen) atoms. The van der Waals surface area contributed by atoms with Crippen molar-refractivity contribution in [2.24, 2.45) is 17.3 Å². The van der Waals surface area contributed by atoms with Crippen molar-refractivity contribution >= 4 is 0 Å². The summed E-state index contributed by atoms with van der Waals surface area (Å²) >= 11 is 0. The fourth-order valence-electron chi connectivity index (χ4n) is 4.42. The fourth-order valence-corrected chi connectivity index (χ4v) is 4.42. The average molecular weight is 238 g/mol. The molecule has 1 N–H and O–H groups in total. The zero-order valence-corrected chi connectivity index (χ0v) is 11.6. The number of aliphatic hydroxyl groups is 1. The SMILES string of the molecule is CC1(C)C[C@H]2[C@H]1CC[C@@]1(C)O[C@H]1CCC2(C)O. The van der Waals surface area contributed by atoms with E-state index in [1.807, 2.05) is 6.92 Å². The Kier molecular flexibility index (Phi) is 2.30. The summed E-state index contributed by atoms with van der Waals surface area (Å²) in [6, 6.07) is 0. The smallest absolute Gasteiger partial charge is 0.0920 e. The van der Waals surface area contributed by atoms with E-state index < -0.39 is 5.60 Å². The van der Waals surface area contributed by atoms with Crippen LogP contribution in [0.4, 0.5) is 0 Å². The van der Waals surface area contributed by atoms with Gasteiger partial charge in [-0.2, -0.15) is 0 Å². The second kappa shape index (κ2) is 3.27. The Morgan fingerprint density at radius 1 is 1.00 bits per heavy atom. The molecular weight excluding hydrogens is 212 g/mol. The number of ether oxygens (including phenoxy) is 1. The van der Waals surface area contributed by atoms with Crippen LogP contribution in [0.1, 0.15) is 59.8 Å². The highest BCUT2D eigenvalue weighted by atomic mass is 16.6. The van der Waals surface area contributed by atoms with Crippen molar-refractivity contribution in [2.45, 2.75) is 77.1 Å². The predicted molar refractivity (Wildman–Crippen MR) is 67.7 cm³/mol. The Morgan fingerprint density at radius 3 is 2.35 bits per heavy atom. The van der Waals surface area contributed by atoms with Crippen molar-refractivity contribution in [1.29, 1.82) is 0 Å². The molecule has 0 bridgehead atoms. The monoisotopic (exact) mass is 238 g/mol. The van der Waals surface area contributed by atoms with Crippen LogP contribution < -0.4 is 0 Å². The van der Waals surface area contributed by atoms with Crippen molar-refractivity contribution in [1.82, 2.24) is 0 Å². The third kappa shape index (κ3) is 1.76. The summed E-state index contributed by atoms with van der Waals surface area (Å²) in [6.07, 6.45) is 5.94. The Balaban J connectivity index is 1.81. The van der Waals surface area contributed by atoms with Crippen LogP contribution in [-0.4, -0.2) is 22.4 Å². The summed E-state index contributed by atoms with van der Waals surface area (Å²) < 4.78 is 5.84. The van der Waals surface area contributed by atoms with Gasteiger partial charge in [0, 0.05) is 0 Å². The van der Waals surface area contributed by atoms with Gasteiger partial charge in [0.1, 0.15) is 0 Å². The first-order chi connectivity index (χ1) is 7.75. The molecule has 1 aliphatic heterocycles. The van der Waals surface area contributed by atoms with Crippen LogP contribution in [-0.2, 0) is 4.74 Å². The van der Waals surface area contributed by atoms with Gasteiger partial charge in [0.05, 0.1) is 17.3 Å². The predicted octanol–water partition coefficient (Wildman–Crippen LogP) is 3.13. The maximum Gasteiger partial charge on any atom is 0.0920 e. The van der Waals surface area contributed by atoms with E-state index in [1.54, 1.807) is 0 Å². The molecule has 0 aromatic heterocycles.